The van der Waals surface area contributed by atoms with Gasteiger partial charge >= 0.3 is 0 Å². The minimum atomic E-state index is 0.370. The molecule has 0 aliphatic rings. The van der Waals surface area contributed by atoms with Crippen LogP contribution < -0.4 is 4.74 Å². The van der Waals surface area contributed by atoms with E-state index in [4.69, 9.17) is 14.7 Å². The molecule has 3 aromatic rings. The van der Waals surface area contributed by atoms with Crippen LogP contribution in [0.15, 0.2) is 71.9 Å². The highest BCUT2D eigenvalue weighted by Gasteiger charge is 2.16. The number of nitrogens with zero attached hydrogens (tertiary/aromatic N) is 4. The van der Waals surface area contributed by atoms with Crippen LogP contribution in [-0.2, 0) is 6.54 Å². The Morgan fingerprint density at radius 1 is 1.25 bits per heavy atom. The quantitative estimate of drug-likeness (QED) is 0.165. The fourth-order valence-electron chi connectivity index (χ4n) is 3.54. The molecule has 0 saturated heterocycles. The van der Waals surface area contributed by atoms with Crippen LogP contribution >= 0.6 is 11.3 Å². The van der Waals surface area contributed by atoms with Crippen LogP contribution in [0, 0.1) is 24.2 Å². The Hall–Kier alpha value is -3.53. The minimum absolute atomic E-state index is 0.370. The number of ether oxygens (including phenoxy) is 1. The second-order valence-corrected chi connectivity index (χ2v) is 10.2. The lowest BCUT2D eigenvalue weighted by atomic mass is 10.0. The van der Waals surface area contributed by atoms with Gasteiger partial charge in [-0.15, -0.1) is 11.3 Å². The van der Waals surface area contributed by atoms with Crippen LogP contribution in [0.3, 0.4) is 0 Å². The second-order valence-electron chi connectivity index (χ2n) is 9.11. The van der Waals surface area contributed by atoms with E-state index in [-0.39, 0.29) is 0 Å². The highest BCUT2D eigenvalue weighted by molar-refractivity contribution is 7.15. The van der Waals surface area contributed by atoms with Crippen LogP contribution in [0.2, 0.25) is 0 Å². The van der Waals surface area contributed by atoms with E-state index in [1.165, 1.54) is 4.88 Å². The summed E-state index contributed by atoms with van der Waals surface area (Å²) in [6.45, 7) is 13.4. The maximum atomic E-state index is 9.50. The van der Waals surface area contributed by atoms with E-state index in [0.717, 1.165) is 46.2 Å². The molecule has 0 N–H and O–H groups in total. The monoisotopic (exact) mass is 498 g/mol. The zero-order valence-corrected chi connectivity index (χ0v) is 22.8. The Bertz CT molecular complexity index is 1310. The van der Waals surface area contributed by atoms with E-state index < -0.39 is 0 Å². The van der Waals surface area contributed by atoms with Crippen molar-refractivity contribution in [2.45, 2.75) is 40.7 Å². The molecule has 0 amide bonds. The highest BCUT2D eigenvalue weighted by atomic mass is 32.1. The Balaban J connectivity index is 2.01. The van der Waals surface area contributed by atoms with Gasteiger partial charge in [0.15, 0.2) is 0 Å². The molecule has 0 aliphatic carbocycles. The summed E-state index contributed by atoms with van der Waals surface area (Å²) in [7, 11) is 4.09. The number of rotatable bonds is 10. The molecule has 1 unspecified atom stereocenters. The van der Waals surface area contributed by atoms with Crippen molar-refractivity contribution in [3.05, 3.63) is 88.6 Å². The normalized spacial score (nSPS) is 12.9. The van der Waals surface area contributed by atoms with Crippen molar-refractivity contribution in [2.75, 3.05) is 14.1 Å². The van der Waals surface area contributed by atoms with Gasteiger partial charge in [0.05, 0.1) is 28.6 Å². The first-order valence-electron chi connectivity index (χ1n) is 12.1. The molecule has 1 aromatic heterocycles. The topological polar surface area (TPSA) is 61.5 Å². The number of nitriles is 1. The zero-order valence-electron chi connectivity index (χ0n) is 22.0. The number of allylic oxidation sites excluding steroid dienone is 1. The molecule has 3 rings (SSSR count). The summed E-state index contributed by atoms with van der Waals surface area (Å²) in [4.78, 5) is 13.0. The number of hydrogen-bond donors (Lipinski definition) is 0. The molecule has 0 saturated carbocycles. The zero-order chi connectivity index (χ0) is 26.2. The van der Waals surface area contributed by atoms with Crippen LogP contribution in [-0.4, -0.2) is 29.7 Å². The summed E-state index contributed by atoms with van der Waals surface area (Å²) in [5, 5.41) is 10.4. The molecule has 0 spiro atoms. The molecule has 0 fully saturated rings. The van der Waals surface area contributed by atoms with Crippen molar-refractivity contribution < 1.29 is 4.74 Å². The number of aryl methyl sites for hydroxylation is 1. The molecule has 0 bridgehead atoms. The third-order valence-electron chi connectivity index (χ3n) is 5.92. The molecule has 186 valence electrons. The summed E-state index contributed by atoms with van der Waals surface area (Å²) < 4.78 is 6.26. The molecule has 1 heterocycles. The molecule has 0 aliphatic heterocycles. The number of hydrogen-bond acceptors (Lipinski definition) is 6. The first kappa shape index (κ1) is 27.1. The second kappa shape index (κ2) is 12.4. The van der Waals surface area contributed by atoms with Crippen molar-refractivity contribution in [3.63, 3.8) is 0 Å². The van der Waals surface area contributed by atoms with Crippen molar-refractivity contribution in [3.8, 4) is 22.4 Å². The highest BCUT2D eigenvalue weighted by Crippen LogP contribution is 2.36. The third-order valence-corrected chi connectivity index (χ3v) is 7.10. The maximum Gasteiger partial charge on any atom is 0.138 e. The van der Waals surface area contributed by atoms with E-state index in [0.29, 0.717) is 23.0 Å². The van der Waals surface area contributed by atoms with E-state index in [1.807, 2.05) is 63.5 Å². The average molecular weight is 499 g/mol. The SMILES string of the molecule is C=C(/C=C(\N=C(\C)C(C)CC)c1ccccc1)Oc1cc(C#N)ccc1-c1nc(C)c(CN(C)C)s1. The molecule has 2 aromatic carbocycles. The van der Waals surface area contributed by atoms with Gasteiger partial charge in [0.25, 0.3) is 0 Å². The Morgan fingerprint density at radius 2 is 1.97 bits per heavy atom. The molecule has 36 heavy (non-hydrogen) atoms. The molecular weight excluding hydrogens is 464 g/mol. The molecule has 6 heteroatoms. The fourth-order valence-corrected chi connectivity index (χ4v) is 4.75. The van der Waals surface area contributed by atoms with Crippen LogP contribution in [0.25, 0.3) is 16.3 Å². The number of benzene rings is 2. The number of aromatic nitrogens is 1. The summed E-state index contributed by atoms with van der Waals surface area (Å²) in [6, 6.07) is 17.7. The van der Waals surface area contributed by atoms with Crippen LogP contribution in [0.1, 0.15) is 48.9 Å². The van der Waals surface area contributed by atoms with E-state index in [9.17, 15) is 5.26 Å². The summed E-state index contributed by atoms with van der Waals surface area (Å²) in [5.74, 6) is 1.36. The predicted octanol–water partition coefficient (Wildman–Crippen LogP) is 7.49. The van der Waals surface area contributed by atoms with Gasteiger partial charge in [-0.05, 0) is 58.5 Å². The van der Waals surface area contributed by atoms with E-state index in [1.54, 1.807) is 23.5 Å². The number of thiazole rings is 1. The maximum absolute atomic E-state index is 9.50. The largest absolute Gasteiger partial charge is 0.457 e. The van der Waals surface area contributed by atoms with Gasteiger partial charge in [-0.1, -0.05) is 50.8 Å². The standard InChI is InChI=1S/C30H34N4OS/c1-8-20(2)22(4)32-27(25-12-10-9-11-13-25)16-21(3)35-28-17-24(18-31)14-15-26(28)30-33-23(5)29(36-30)19-34(6)7/h9-17,20H,3,8,19H2,1-2,4-7H3/b27-16-,32-22-. The van der Waals surface area contributed by atoms with Gasteiger partial charge < -0.3 is 9.64 Å². The number of aliphatic imine (C=N–C) groups is 1. The first-order chi connectivity index (χ1) is 17.2. The van der Waals surface area contributed by atoms with Gasteiger partial charge in [-0.25, -0.2) is 4.98 Å². The van der Waals surface area contributed by atoms with Crippen molar-refractivity contribution >= 4 is 22.7 Å². The van der Waals surface area contributed by atoms with Crippen LogP contribution in [0.5, 0.6) is 5.75 Å². The van der Waals surface area contributed by atoms with Crippen molar-refractivity contribution in [1.82, 2.24) is 9.88 Å². The summed E-state index contributed by atoms with van der Waals surface area (Å²) in [6.07, 6.45) is 2.87. The Morgan fingerprint density at radius 3 is 2.61 bits per heavy atom. The van der Waals surface area contributed by atoms with Gasteiger partial charge in [-0.3, -0.25) is 4.99 Å². The summed E-state index contributed by atoms with van der Waals surface area (Å²) in [5.41, 5.74) is 5.18. The average Bonchev–Trinajstić information content (AvgIpc) is 3.22. The lowest BCUT2D eigenvalue weighted by molar-refractivity contribution is 0.405. The molecule has 1 atom stereocenters. The third kappa shape index (κ3) is 7.00. The predicted molar refractivity (Wildman–Crippen MR) is 151 cm³/mol. The van der Waals surface area contributed by atoms with Gasteiger partial charge in [0, 0.05) is 28.8 Å². The molecular formula is C30H34N4OS. The lowest BCUT2D eigenvalue weighted by Crippen LogP contribution is -2.10. The van der Waals surface area contributed by atoms with Gasteiger partial charge in [0.1, 0.15) is 16.5 Å². The molecule has 0 radical (unpaired) electrons. The fraction of sp³-hybridized carbons (Fsp3) is 0.300. The Kier molecular flexibility index (Phi) is 9.35. The smallest absolute Gasteiger partial charge is 0.138 e. The van der Waals surface area contributed by atoms with E-state index in [2.05, 4.69) is 38.3 Å². The van der Waals surface area contributed by atoms with Crippen molar-refractivity contribution in [2.24, 2.45) is 10.9 Å². The first-order valence-corrected chi connectivity index (χ1v) is 12.9. The van der Waals surface area contributed by atoms with Crippen molar-refractivity contribution in [1.29, 1.82) is 5.26 Å². The lowest BCUT2D eigenvalue weighted by Gasteiger charge is -2.13. The van der Waals surface area contributed by atoms with Crippen LogP contribution in [0.4, 0.5) is 0 Å². The minimum Gasteiger partial charge on any atom is -0.457 e. The van der Waals surface area contributed by atoms with Gasteiger partial charge in [-0.2, -0.15) is 5.26 Å². The van der Waals surface area contributed by atoms with Gasteiger partial charge in [0.2, 0.25) is 0 Å². The molecule has 5 nitrogen and oxygen atoms in total. The summed E-state index contributed by atoms with van der Waals surface area (Å²) >= 11 is 1.64. The Labute approximate surface area is 219 Å². The van der Waals surface area contributed by atoms with E-state index >= 15 is 0 Å².